The Morgan fingerprint density at radius 3 is 2.61 bits per heavy atom. The zero-order chi connectivity index (χ0) is 22.4. The number of hydrogen-bond donors (Lipinski definition) is 1. The van der Waals surface area contributed by atoms with Crippen molar-refractivity contribution in [2.75, 3.05) is 18.5 Å². The lowest BCUT2D eigenvalue weighted by Gasteiger charge is -2.30. The van der Waals surface area contributed by atoms with Crippen molar-refractivity contribution in [1.29, 1.82) is 0 Å². The van der Waals surface area contributed by atoms with Crippen LogP contribution in [0.4, 0.5) is 15.8 Å². The van der Waals surface area contributed by atoms with Crippen molar-refractivity contribution >= 4 is 46.1 Å². The number of carbonyl (C=O) groups excluding carboxylic acids is 3. The normalized spacial score (nSPS) is 17.5. The molecular weight excluding hydrogens is 421 g/mol. The zero-order valence-electron chi connectivity index (χ0n) is 17.1. The minimum atomic E-state index is -0.688. The molecule has 1 fully saturated rings. The quantitative estimate of drug-likeness (QED) is 0.683. The number of ether oxygens (including phenoxy) is 1. The van der Waals surface area contributed by atoms with Crippen molar-refractivity contribution < 1.29 is 23.5 Å². The smallest absolute Gasteiger partial charge is 0.338 e. The molecule has 0 saturated carbocycles. The van der Waals surface area contributed by atoms with Crippen molar-refractivity contribution in [1.82, 2.24) is 4.90 Å². The summed E-state index contributed by atoms with van der Waals surface area (Å²) in [4.78, 5) is 42.9. The van der Waals surface area contributed by atoms with Crippen LogP contribution in [-0.4, -0.2) is 46.3 Å². The molecule has 9 heteroatoms. The average Bonchev–Trinajstić information content (AvgIpc) is 2.74. The van der Waals surface area contributed by atoms with Gasteiger partial charge in [-0.1, -0.05) is 17.8 Å². The van der Waals surface area contributed by atoms with E-state index in [9.17, 15) is 18.8 Å². The Kier molecular flexibility index (Phi) is 7.41. The standard InChI is InChI=1S/C22H22FN3O4S/c1-3-26-19(27)13-18(31-22(26)25-17-7-5-6-15(23)12-17)20(28)24-16-10-8-14(9-11-16)21(29)30-4-2/h5-12,18H,3-4,13H2,1-2H3,(H,24,28)/t18-/m1/s1. The van der Waals surface area contributed by atoms with E-state index in [0.717, 1.165) is 11.8 Å². The predicted octanol–water partition coefficient (Wildman–Crippen LogP) is 3.98. The summed E-state index contributed by atoms with van der Waals surface area (Å²) in [5.41, 5.74) is 1.24. The number of halogens is 1. The van der Waals surface area contributed by atoms with Gasteiger partial charge in [0.05, 0.1) is 17.9 Å². The van der Waals surface area contributed by atoms with Gasteiger partial charge in [0.25, 0.3) is 0 Å². The van der Waals surface area contributed by atoms with Gasteiger partial charge in [-0.25, -0.2) is 14.2 Å². The molecule has 1 aliphatic rings. The molecule has 3 rings (SSSR count). The molecule has 1 aliphatic heterocycles. The Morgan fingerprint density at radius 2 is 1.97 bits per heavy atom. The second-order valence-corrected chi connectivity index (χ2v) is 7.78. The Hall–Kier alpha value is -3.20. The van der Waals surface area contributed by atoms with Crippen molar-refractivity contribution in [2.24, 2.45) is 4.99 Å². The number of carbonyl (C=O) groups is 3. The van der Waals surface area contributed by atoms with E-state index in [1.807, 2.05) is 6.92 Å². The number of anilines is 1. The molecule has 162 valence electrons. The van der Waals surface area contributed by atoms with Gasteiger partial charge in [-0.05, 0) is 56.3 Å². The molecule has 31 heavy (non-hydrogen) atoms. The summed E-state index contributed by atoms with van der Waals surface area (Å²) in [7, 11) is 0. The van der Waals surface area contributed by atoms with E-state index in [2.05, 4.69) is 10.3 Å². The topological polar surface area (TPSA) is 88.1 Å². The van der Waals surface area contributed by atoms with E-state index in [1.165, 1.54) is 23.1 Å². The first kappa shape index (κ1) is 22.5. The van der Waals surface area contributed by atoms with E-state index in [4.69, 9.17) is 4.74 Å². The minimum Gasteiger partial charge on any atom is -0.462 e. The highest BCUT2D eigenvalue weighted by molar-refractivity contribution is 8.15. The highest BCUT2D eigenvalue weighted by atomic mass is 32.2. The highest BCUT2D eigenvalue weighted by Gasteiger charge is 2.35. The Bertz CT molecular complexity index is 1010. The third kappa shape index (κ3) is 5.69. The molecular formula is C22H22FN3O4S. The number of hydrogen-bond acceptors (Lipinski definition) is 6. The number of rotatable bonds is 6. The molecule has 0 aliphatic carbocycles. The molecule has 0 bridgehead atoms. The van der Waals surface area contributed by atoms with E-state index < -0.39 is 17.0 Å². The summed E-state index contributed by atoms with van der Waals surface area (Å²) in [6.07, 6.45) is 0.0213. The van der Waals surface area contributed by atoms with Crippen LogP contribution in [0, 0.1) is 5.82 Å². The minimum absolute atomic E-state index is 0.0213. The fraction of sp³-hybridized carbons (Fsp3) is 0.273. The maximum atomic E-state index is 13.5. The second-order valence-electron chi connectivity index (χ2n) is 6.61. The van der Waals surface area contributed by atoms with Crippen LogP contribution >= 0.6 is 11.8 Å². The van der Waals surface area contributed by atoms with Crippen molar-refractivity contribution in [3.8, 4) is 0 Å². The number of esters is 1. The van der Waals surface area contributed by atoms with Gasteiger partial charge >= 0.3 is 5.97 Å². The summed E-state index contributed by atoms with van der Waals surface area (Å²) in [6, 6.07) is 12.0. The van der Waals surface area contributed by atoms with Gasteiger partial charge in [0.15, 0.2) is 5.17 Å². The lowest BCUT2D eigenvalue weighted by Crippen LogP contribution is -2.45. The molecule has 2 aromatic carbocycles. The van der Waals surface area contributed by atoms with Crippen molar-refractivity contribution in [3.63, 3.8) is 0 Å². The van der Waals surface area contributed by atoms with Gasteiger partial charge < -0.3 is 10.1 Å². The van der Waals surface area contributed by atoms with Gasteiger partial charge in [-0.15, -0.1) is 0 Å². The van der Waals surface area contributed by atoms with Gasteiger partial charge in [0.2, 0.25) is 11.8 Å². The van der Waals surface area contributed by atoms with Gasteiger partial charge in [0, 0.05) is 18.7 Å². The van der Waals surface area contributed by atoms with Crippen LogP contribution in [0.3, 0.4) is 0 Å². The fourth-order valence-corrected chi connectivity index (χ4v) is 4.10. The van der Waals surface area contributed by atoms with E-state index in [0.29, 0.717) is 28.7 Å². The SMILES string of the molecule is CCOC(=O)c1ccc(NC(=O)[C@H]2CC(=O)N(CC)C(=Nc3cccc(F)c3)S2)cc1. The predicted molar refractivity (Wildman–Crippen MR) is 118 cm³/mol. The average molecular weight is 444 g/mol. The molecule has 0 spiro atoms. The monoisotopic (exact) mass is 443 g/mol. The maximum Gasteiger partial charge on any atom is 0.338 e. The Morgan fingerprint density at radius 1 is 1.23 bits per heavy atom. The van der Waals surface area contributed by atoms with Crippen LogP contribution in [0.2, 0.25) is 0 Å². The summed E-state index contributed by atoms with van der Waals surface area (Å²) >= 11 is 1.16. The van der Waals surface area contributed by atoms with Crippen LogP contribution in [-0.2, 0) is 14.3 Å². The summed E-state index contributed by atoms with van der Waals surface area (Å²) < 4.78 is 18.4. The molecule has 0 unspecified atom stereocenters. The van der Waals surface area contributed by atoms with Crippen LogP contribution in [0.1, 0.15) is 30.6 Å². The fourth-order valence-electron chi connectivity index (χ4n) is 2.94. The first-order valence-electron chi connectivity index (χ1n) is 9.80. The van der Waals surface area contributed by atoms with Gasteiger partial charge in [-0.2, -0.15) is 0 Å². The number of amidine groups is 1. The summed E-state index contributed by atoms with van der Waals surface area (Å²) in [5, 5.41) is 2.42. The Labute approximate surface area is 183 Å². The molecule has 0 radical (unpaired) electrons. The zero-order valence-corrected chi connectivity index (χ0v) is 17.9. The third-order valence-corrected chi connectivity index (χ3v) is 5.63. The first-order chi connectivity index (χ1) is 14.9. The summed E-state index contributed by atoms with van der Waals surface area (Å²) in [6.45, 7) is 4.20. The number of nitrogens with zero attached hydrogens (tertiary/aromatic N) is 2. The number of aliphatic imine (C=N–C) groups is 1. The van der Waals surface area contributed by atoms with Crippen LogP contribution in [0.15, 0.2) is 53.5 Å². The number of nitrogens with one attached hydrogen (secondary N) is 1. The highest BCUT2D eigenvalue weighted by Crippen LogP contribution is 2.30. The molecule has 0 aromatic heterocycles. The number of benzene rings is 2. The molecule has 1 N–H and O–H groups in total. The molecule has 1 atom stereocenters. The van der Waals surface area contributed by atoms with E-state index in [1.54, 1.807) is 37.3 Å². The molecule has 2 aromatic rings. The van der Waals surface area contributed by atoms with Crippen LogP contribution < -0.4 is 5.32 Å². The van der Waals surface area contributed by atoms with E-state index in [-0.39, 0.29) is 24.8 Å². The van der Waals surface area contributed by atoms with E-state index >= 15 is 0 Å². The number of thioether (sulfide) groups is 1. The summed E-state index contributed by atoms with van der Waals surface area (Å²) in [5.74, 6) is -1.46. The van der Waals surface area contributed by atoms with Crippen molar-refractivity contribution in [2.45, 2.75) is 25.5 Å². The van der Waals surface area contributed by atoms with Gasteiger partial charge in [-0.3, -0.25) is 14.5 Å². The molecule has 1 saturated heterocycles. The lowest BCUT2D eigenvalue weighted by atomic mass is 10.2. The molecule has 7 nitrogen and oxygen atoms in total. The van der Waals surface area contributed by atoms with Gasteiger partial charge in [0.1, 0.15) is 11.1 Å². The van der Waals surface area contributed by atoms with Crippen molar-refractivity contribution in [3.05, 3.63) is 59.9 Å². The lowest BCUT2D eigenvalue weighted by molar-refractivity contribution is -0.129. The third-order valence-electron chi connectivity index (χ3n) is 4.44. The van der Waals surface area contributed by atoms with Crippen LogP contribution in [0.25, 0.3) is 0 Å². The number of amides is 2. The maximum absolute atomic E-state index is 13.5. The first-order valence-corrected chi connectivity index (χ1v) is 10.7. The molecule has 2 amide bonds. The largest absolute Gasteiger partial charge is 0.462 e. The Balaban J connectivity index is 1.74. The van der Waals surface area contributed by atoms with Crippen LogP contribution in [0.5, 0.6) is 0 Å². The second kappa shape index (κ2) is 10.2. The molecule has 1 heterocycles.